The molecule has 0 aromatic heterocycles. The van der Waals surface area contributed by atoms with Crippen LogP contribution in [0, 0.1) is 0 Å². The molecule has 374 valence electrons. The summed E-state index contributed by atoms with van der Waals surface area (Å²) < 4.78 is 5.48. The van der Waals surface area contributed by atoms with E-state index in [1.807, 2.05) is 0 Å². The largest absolute Gasteiger partial charge is 0.466 e. The zero-order valence-electron chi connectivity index (χ0n) is 42.6. The first-order valence-corrected chi connectivity index (χ1v) is 28.4. The van der Waals surface area contributed by atoms with Gasteiger partial charge in [0.25, 0.3) is 0 Å². The van der Waals surface area contributed by atoms with Crippen molar-refractivity contribution in [2.24, 2.45) is 0 Å². The molecule has 0 aliphatic heterocycles. The summed E-state index contributed by atoms with van der Waals surface area (Å²) in [5, 5.41) is 23.1. The van der Waals surface area contributed by atoms with Crippen LogP contribution >= 0.6 is 0 Å². The molecule has 0 radical (unpaired) electrons. The Morgan fingerprint density at radius 3 is 1.13 bits per heavy atom. The van der Waals surface area contributed by atoms with Gasteiger partial charge in [0.1, 0.15) is 0 Å². The van der Waals surface area contributed by atoms with E-state index in [0.717, 1.165) is 38.5 Å². The van der Waals surface area contributed by atoms with Crippen LogP contribution in [-0.2, 0) is 14.3 Å². The average Bonchev–Trinajstić information content (AvgIpc) is 3.28. The maximum Gasteiger partial charge on any atom is 0.305 e. The highest BCUT2D eigenvalue weighted by molar-refractivity contribution is 5.76. The van der Waals surface area contributed by atoms with Crippen LogP contribution < -0.4 is 5.32 Å². The summed E-state index contributed by atoms with van der Waals surface area (Å²) in [5.41, 5.74) is 0. The lowest BCUT2D eigenvalue weighted by Crippen LogP contribution is -2.45. The fraction of sp³-hybridized carbons (Fsp3) is 0.930. The number of allylic oxidation sites excluding steroid dienone is 2. The van der Waals surface area contributed by atoms with Crippen LogP contribution in [-0.4, -0.2) is 47.4 Å². The summed E-state index contributed by atoms with van der Waals surface area (Å²) in [6.07, 6.45) is 62.1. The van der Waals surface area contributed by atoms with Gasteiger partial charge in [-0.25, -0.2) is 0 Å². The van der Waals surface area contributed by atoms with E-state index < -0.39 is 12.1 Å². The second kappa shape index (κ2) is 53.2. The number of nitrogens with one attached hydrogen (secondary N) is 1. The van der Waals surface area contributed by atoms with E-state index in [2.05, 4.69) is 31.3 Å². The number of hydrogen-bond acceptors (Lipinski definition) is 5. The minimum Gasteiger partial charge on any atom is -0.466 e. The van der Waals surface area contributed by atoms with E-state index in [-0.39, 0.29) is 18.5 Å². The molecular weight excluding hydrogens is 779 g/mol. The van der Waals surface area contributed by atoms with Gasteiger partial charge in [-0.15, -0.1) is 0 Å². The second-order valence-electron chi connectivity index (χ2n) is 19.6. The molecule has 3 N–H and O–H groups in total. The lowest BCUT2D eigenvalue weighted by Gasteiger charge is -2.22. The third-order valence-electron chi connectivity index (χ3n) is 13.3. The summed E-state index contributed by atoms with van der Waals surface area (Å²) in [5.74, 6) is -0.0290. The van der Waals surface area contributed by atoms with E-state index in [1.54, 1.807) is 0 Å². The third kappa shape index (κ3) is 49.9. The van der Waals surface area contributed by atoms with Gasteiger partial charge in [-0.3, -0.25) is 9.59 Å². The Morgan fingerprint density at radius 2 is 0.746 bits per heavy atom. The Hall–Kier alpha value is -1.40. The van der Waals surface area contributed by atoms with Crippen LogP contribution in [0.3, 0.4) is 0 Å². The standard InChI is InChI=1S/C57H111NO5/c1-3-5-7-9-11-13-14-15-28-31-35-39-43-47-51-57(62)63-52-48-44-40-36-32-29-26-24-22-20-18-16-17-19-21-23-25-27-30-34-38-42-46-50-56(61)58-54(53-59)55(60)49-45-41-37-33-12-10-8-6-4-2/h19,21,54-55,59-60H,3-18,20,22-53H2,1-2H3,(H,58,61)/b21-19-. The third-order valence-corrected chi connectivity index (χ3v) is 13.3. The van der Waals surface area contributed by atoms with Gasteiger partial charge in [-0.2, -0.15) is 0 Å². The van der Waals surface area contributed by atoms with Gasteiger partial charge in [-0.1, -0.05) is 264 Å². The molecule has 0 saturated carbocycles. The molecule has 0 aromatic carbocycles. The molecule has 6 nitrogen and oxygen atoms in total. The molecule has 0 saturated heterocycles. The van der Waals surface area contributed by atoms with Crippen molar-refractivity contribution < 1.29 is 24.5 Å². The van der Waals surface area contributed by atoms with E-state index in [9.17, 15) is 19.8 Å². The molecule has 2 unspecified atom stereocenters. The first kappa shape index (κ1) is 61.6. The maximum atomic E-state index is 12.4. The fourth-order valence-corrected chi connectivity index (χ4v) is 8.93. The van der Waals surface area contributed by atoms with Gasteiger partial charge in [0.15, 0.2) is 0 Å². The van der Waals surface area contributed by atoms with Crippen LogP contribution in [0.4, 0.5) is 0 Å². The summed E-state index contributed by atoms with van der Waals surface area (Å²) in [6.45, 7) is 4.94. The number of ether oxygens (including phenoxy) is 1. The molecule has 0 spiro atoms. The van der Waals surface area contributed by atoms with Crippen molar-refractivity contribution in [3.63, 3.8) is 0 Å². The van der Waals surface area contributed by atoms with E-state index in [1.165, 1.54) is 244 Å². The summed E-state index contributed by atoms with van der Waals surface area (Å²) >= 11 is 0. The van der Waals surface area contributed by atoms with E-state index in [4.69, 9.17) is 4.74 Å². The molecule has 0 aliphatic carbocycles. The first-order valence-electron chi connectivity index (χ1n) is 28.4. The predicted molar refractivity (Wildman–Crippen MR) is 273 cm³/mol. The molecule has 0 aromatic rings. The van der Waals surface area contributed by atoms with Gasteiger partial charge in [0.05, 0.1) is 25.4 Å². The summed E-state index contributed by atoms with van der Waals surface area (Å²) in [7, 11) is 0. The van der Waals surface area contributed by atoms with Crippen molar-refractivity contribution in [3.8, 4) is 0 Å². The molecule has 0 rings (SSSR count). The Labute approximate surface area is 393 Å². The number of rotatable bonds is 53. The van der Waals surface area contributed by atoms with Crippen molar-refractivity contribution in [1.29, 1.82) is 0 Å². The number of carbonyl (C=O) groups excluding carboxylic acids is 2. The zero-order chi connectivity index (χ0) is 45.8. The second-order valence-corrected chi connectivity index (χ2v) is 19.6. The first-order chi connectivity index (χ1) is 31.0. The van der Waals surface area contributed by atoms with Gasteiger partial charge in [0, 0.05) is 12.8 Å². The van der Waals surface area contributed by atoms with Crippen LogP contribution in [0.15, 0.2) is 12.2 Å². The Bertz CT molecular complexity index is 939. The highest BCUT2D eigenvalue weighted by Crippen LogP contribution is 2.17. The molecule has 0 aliphatic rings. The van der Waals surface area contributed by atoms with Gasteiger partial charge in [0.2, 0.25) is 5.91 Å². The molecule has 63 heavy (non-hydrogen) atoms. The highest BCUT2D eigenvalue weighted by Gasteiger charge is 2.20. The lowest BCUT2D eigenvalue weighted by molar-refractivity contribution is -0.143. The van der Waals surface area contributed by atoms with Crippen LogP contribution in [0.1, 0.15) is 316 Å². The molecule has 2 atom stereocenters. The van der Waals surface area contributed by atoms with Crippen molar-refractivity contribution in [2.75, 3.05) is 13.2 Å². The molecule has 6 heteroatoms. The smallest absolute Gasteiger partial charge is 0.305 e. The topological polar surface area (TPSA) is 95.9 Å². The van der Waals surface area contributed by atoms with E-state index in [0.29, 0.717) is 25.9 Å². The highest BCUT2D eigenvalue weighted by atomic mass is 16.5. The van der Waals surface area contributed by atoms with Crippen molar-refractivity contribution >= 4 is 11.9 Å². The summed E-state index contributed by atoms with van der Waals surface area (Å²) in [4.78, 5) is 24.4. The van der Waals surface area contributed by atoms with Gasteiger partial charge >= 0.3 is 5.97 Å². The molecule has 1 amide bonds. The van der Waals surface area contributed by atoms with Crippen LogP contribution in [0.5, 0.6) is 0 Å². The quantitative estimate of drug-likeness (QED) is 0.0321. The normalized spacial score (nSPS) is 12.6. The number of hydrogen-bond donors (Lipinski definition) is 3. The van der Waals surface area contributed by atoms with Crippen LogP contribution in [0.2, 0.25) is 0 Å². The van der Waals surface area contributed by atoms with Gasteiger partial charge < -0.3 is 20.3 Å². The molecular formula is C57H111NO5. The van der Waals surface area contributed by atoms with Crippen molar-refractivity contribution in [2.45, 2.75) is 328 Å². The zero-order valence-corrected chi connectivity index (χ0v) is 42.6. The fourth-order valence-electron chi connectivity index (χ4n) is 8.93. The maximum absolute atomic E-state index is 12.4. The monoisotopic (exact) mass is 890 g/mol. The van der Waals surface area contributed by atoms with Gasteiger partial charge in [-0.05, 0) is 51.4 Å². The number of amides is 1. The van der Waals surface area contributed by atoms with E-state index >= 15 is 0 Å². The minimum atomic E-state index is -0.665. The predicted octanol–water partition coefficient (Wildman–Crippen LogP) is 17.3. The molecule has 0 bridgehead atoms. The van der Waals surface area contributed by atoms with Crippen molar-refractivity contribution in [1.82, 2.24) is 5.32 Å². The molecule has 0 heterocycles. The van der Waals surface area contributed by atoms with Crippen molar-refractivity contribution in [3.05, 3.63) is 12.2 Å². The average molecular weight is 891 g/mol. The number of unbranched alkanes of at least 4 members (excludes halogenated alkanes) is 40. The summed E-state index contributed by atoms with van der Waals surface area (Å²) in [6, 6.07) is -0.543. The van der Waals surface area contributed by atoms with Crippen LogP contribution in [0.25, 0.3) is 0 Å². The SMILES string of the molecule is CCCCCCCCCCCCCCCCC(=O)OCCCCCCCCCCCCCC/C=C\CCCCCCCCCC(=O)NC(CO)C(O)CCCCCCCCCCC. The minimum absolute atomic E-state index is 0.0139. The Kier molecular flexibility index (Phi) is 52.0. The number of esters is 1. The lowest BCUT2D eigenvalue weighted by atomic mass is 10.0. The Balaban J connectivity index is 3.36. The number of carbonyl (C=O) groups is 2. The number of aliphatic hydroxyl groups is 2. The Morgan fingerprint density at radius 1 is 0.429 bits per heavy atom. The number of aliphatic hydroxyl groups excluding tert-OH is 2. The molecule has 0 fully saturated rings.